The van der Waals surface area contributed by atoms with Crippen LogP contribution in [0.4, 0.5) is 13.2 Å². The van der Waals surface area contributed by atoms with Gasteiger partial charge in [-0.25, -0.2) is 0 Å². The van der Waals surface area contributed by atoms with E-state index in [9.17, 15) is 18.0 Å². The summed E-state index contributed by atoms with van der Waals surface area (Å²) >= 11 is 5.70. The molecule has 0 saturated carbocycles. The van der Waals surface area contributed by atoms with E-state index in [0.717, 1.165) is 0 Å². The molecule has 0 atom stereocenters. The van der Waals surface area contributed by atoms with Crippen LogP contribution in [0.3, 0.4) is 0 Å². The lowest BCUT2D eigenvalue weighted by Crippen LogP contribution is -2.13. The third-order valence-electron chi connectivity index (χ3n) is 2.18. The molecule has 1 aromatic heterocycles. The zero-order chi connectivity index (χ0) is 11.9. The van der Waals surface area contributed by atoms with E-state index in [1.54, 1.807) is 0 Å². The van der Waals surface area contributed by atoms with Gasteiger partial charge in [-0.15, -0.1) is 0 Å². The summed E-state index contributed by atoms with van der Waals surface area (Å²) in [7, 11) is 0. The Labute approximate surface area is 92.7 Å². The van der Waals surface area contributed by atoms with E-state index < -0.39 is 17.3 Å². The highest BCUT2D eigenvalue weighted by atomic mass is 35.5. The molecule has 2 rings (SSSR count). The second-order valence-electron chi connectivity index (χ2n) is 3.19. The summed E-state index contributed by atoms with van der Waals surface area (Å²) in [6.07, 6.45) is -3.87. The largest absolute Gasteiger partial charge is 0.418 e. The number of fused-ring (bicyclic) bond motifs is 1. The summed E-state index contributed by atoms with van der Waals surface area (Å²) in [6, 6.07) is 3.97. The fraction of sp³-hybridized carbons (Fsp3) is 0.100. The molecule has 0 radical (unpaired) electrons. The molecule has 0 saturated heterocycles. The predicted molar refractivity (Wildman–Crippen MR) is 54.6 cm³/mol. The van der Waals surface area contributed by atoms with Gasteiger partial charge < -0.3 is 4.98 Å². The number of nitrogens with one attached hydrogen (secondary N) is 1. The number of aromatic amines is 1. The van der Waals surface area contributed by atoms with Crippen molar-refractivity contribution in [3.8, 4) is 0 Å². The summed E-state index contributed by atoms with van der Waals surface area (Å²) in [4.78, 5) is 13.4. The second-order valence-corrected chi connectivity index (χ2v) is 3.60. The van der Waals surface area contributed by atoms with Crippen LogP contribution in [-0.2, 0) is 6.18 Å². The van der Waals surface area contributed by atoms with Crippen LogP contribution in [0.1, 0.15) is 5.56 Å². The zero-order valence-electron chi connectivity index (χ0n) is 7.73. The maximum Gasteiger partial charge on any atom is 0.418 e. The van der Waals surface area contributed by atoms with Gasteiger partial charge in [-0.05, 0) is 6.07 Å². The molecule has 0 unspecified atom stereocenters. The van der Waals surface area contributed by atoms with E-state index in [1.165, 1.54) is 18.2 Å². The normalized spacial score (nSPS) is 12.0. The molecule has 0 fully saturated rings. The Morgan fingerprint density at radius 2 is 1.94 bits per heavy atom. The number of alkyl halides is 3. The Morgan fingerprint density at radius 3 is 2.56 bits per heavy atom. The van der Waals surface area contributed by atoms with Gasteiger partial charge in [0, 0.05) is 11.6 Å². The van der Waals surface area contributed by atoms with Gasteiger partial charge in [0.1, 0.15) is 0 Å². The highest BCUT2D eigenvalue weighted by Crippen LogP contribution is 2.34. The Bertz CT molecular complexity index is 603. The number of hydrogen-bond acceptors (Lipinski definition) is 1. The van der Waals surface area contributed by atoms with E-state index >= 15 is 0 Å². The first kappa shape index (κ1) is 11.0. The molecule has 0 aliphatic heterocycles. The van der Waals surface area contributed by atoms with Gasteiger partial charge >= 0.3 is 6.18 Å². The summed E-state index contributed by atoms with van der Waals surface area (Å²) in [6.45, 7) is 0. The number of hydrogen-bond donors (Lipinski definition) is 1. The van der Waals surface area contributed by atoms with Crippen molar-refractivity contribution in [3.05, 3.63) is 45.3 Å². The molecule has 0 spiro atoms. The number of benzene rings is 1. The van der Waals surface area contributed by atoms with Crippen LogP contribution < -0.4 is 5.56 Å². The molecular weight excluding hydrogens is 243 g/mol. The lowest BCUT2D eigenvalue weighted by atomic mass is 10.1. The highest BCUT2D eigenvalue weighted by molar-refractivity contribution is 6.35. The Balaban J connectivity index is 2.96. The van der Waals surface area contributed by atoms with Gasteiger partial charge in [0.25, 0.3) is 5.56 Å². The first-order valence-corrected chi connectivity index (χ1v) is 4.66. The van der Waals surface area contributed by atoms with Crippen molar-refractivity contribution in [1.82, 2.24) is 4.98 Å². The van der Waals surface area contributed by atoms with Crippen molar-refractivity contribution in [2.24, 2.45) is 0 Å². The molecular formula is C10H5ClF3NO. The van der Waals surface area contributed by atoms with Crippen LogP contribution in [-0.4, -0.2) is 4.98 Å². The van der Waals surface area contributed by atoms with E-state index in [1.807, 2.05) is 4.98 Å². The third-order valence-corrected chi connectivity index (χ3v) is 2.50. The topological polar surface area (TPSA) is 32.9 Å². The third kappa shape index (κ3) is 1.67. The molecule has 0 aliphatic carbocycles. The molecule has 1 heterocycles. The standard InChI is InChI=1S/C10H5ClF3NO/c11-7-3-1-2-5-6(10(12,13)14)4-15-9(16)8(5)7/h1-4H,(H,15,16). The van der Waals surface area contributed by atoms with E-state index in [0.29, 0.717) is 6.20 Å². The summed E-state index contributed by atoms with van der Waals surface area (Å²) in [5.41, 5.74) is -1.53. The van der Waals surface area contributed by atoms with Gasteiger partial charge in [0.2, 0.25) is 0 Å². The number of pyridine rings is 1. The molecule has 1 aromatic carbocycles. The van der Waals surface area contributed by atoms with E-state index in [2.05, 4.69) is 0 Å². The van der Waals surface area contributed by atoms with Gasteiger partial charge in [-0.3, -0.25) is 4.79 Å². The van der Waals surface area contributed by atoms with Crippen molar-refractivity contribution >= 4 is 22.4 Å². The van der Waals surface area contributed by atoms with Crippen molar-refractivity contribution in [3.63, 3.8) is 0 Å². The molecule has 0 amide bonds. The maximum atomic E-state index is 12.6. The minimum absolute atomic E-state index is 0.00449. The number of halogens is 4. The highest BCUT2D eigenvalue weighted by Gasteiger charge is 2.33. The monoisotopic (exact) mass is 247 g/mol. The average Bonchev–Trinajstić information content (AvgIpc) is 2.16. The predicted octanol–water partition coefficient (Wildman–Crippen LogP) is 3.20. The first-order chi connectivity index (χ1) is 7.41. The van der Waals surface area contributed by atoms with Crippen LogP contribution in [0.15, 0.2) is 29.2 Å². The number of H-pyrrole nitrogens is 1. The molecule has 84 valence electrons. The molecule has 0 bridgehead atoms. The van der Waals surface area contributed by atoms with Crippen LogP contribution in [0.2, 0.25) is 5.02 Å². The Kier molecular flexibility index (Phi) is 2.42. The fourth-order valence-electron chi connectivity index (χ4n) is 1.50. The van der Waals surface area contributed by atoms with Gasteiger partial charge in [0.05, 0.1) is 16.0 Å². The van der Waals surface area contributed by atoms with Gasteiger partial charge in [-0.1, -0.05) is 23.7 Å². The first-order valence-electron chi connectivity index (χ1n) is 4.28. The molecule has 6 heteroatoms. The second kappa shape index (κ2) is 3.52. The Hall–Kier alpha value is -1.49. The lowest BCUT2D eigenvalue weighted by Gasteiger charge is -2.09. The van der Waals surface area contributed by atoms with Crippen molar-refractivity contribution in [1.29, 1.82) is 0 Å². The minimum Gasteiger partial charge on any atom is -0.328 e. The smallest absolute Gasteiger partial charge is 0.328 e. The van der Waals surface area contributed by atoms with Crippen LogP contribution in [0, 0.1) is 0 Å². The van der Waals surface area contributed by atoms with Gasteiger partial charge in [0.15, 0.2) is 0 Å². The van der Waals surface area contributed by atoms with E-state index in [-0.39, 0.29) is 15.8 Å². The summed E-state index contributed by atoms with van der Waals surface area (Å²) in [5.74, 6) is 0. The molecule has 0 aliphatic rings. The lowest BCUT2D eigenvalue weighted by molar-refractivity contribution is -0.136. The van der Waals surface area contributed by atoms with Crippen molar-refractivity contribution < 1.29 is 13.2 Å². The summed E-state index contributed by atoms with van der Waals surface area (Å²) in [5, 5.41) is -0.326. The maximum absolute atomic E-state index is 12.6. The molecule has 16 heavy (non-hydrogen) atoms. The number of rotatable bonds is 0. The zero-order valence-corrected chi connectivity index (χ0v) is 8.49. The SMILES string of the molecule is O=c1[nH]cc(C(F)(F)F)c2cccc(Cl)c12. The Morgan fingerprint density at radius 1 is 1.25 bits per heavy atom. The van der Waals surface area contributed by atoms with Crippen molar-refractivity contribution in [2.45, 2.75) is 6.18 Å². The minimum atomic E-state index is -4.52. The van der Waals surface area contributed by atoms with Crippen LogP contribution in [0.25, 0.3) is 10.8 Å². The van der Waals surface area contributed by atoms with Gasteiger partial charge in [-0.2, -0.15) is 13.2 Å². The van der Waals surface area contributed by atoms with E-state index in [4.69, 9.17) is 11.6 Å². The fourth-order valence-corrected chi connectivity index (χ4v) is 1.76. The van der Waals surface area contributed by atoms with Crippen LogP contribution in [0.5, 0.6) is 0 Å². The quantitative estimate of drug-likeness (QED) is 0.762. The number of aromatic nitrogens is 1. The molecule has 1 N–H and O–H groups in total. The molecule has 2 nitrogen and oxygen atoms in total. The van der Waals surface area contributed by atoms with Crippen LogP contribution >= 0.6 is 11.6 Å². The summed E-state index contributed by atoms with van der Waals surface area (Å²) < 4.78 is 37.8. The average molecular weight is 248 g/mol. The molecule has 2 aromatic rings. The van der Waals surface area contributed by atoms with Crippen molar-refractivity contribution in [2.75, 3.05) is 0 Å².